The van der Waals surface area contributed by atoms with Gasteiger partial charge in [-0.25, -0.2) is 9.59 Å². The van der Waals surface area contributed by atoms with E-state index in [9.17, 15) is 9.59 Å². The first kappa shape index (κ1) is 16.0. The lowest BCUT2D eigenvalue weighted by molar-refractivity contribution is 0.0600. The van der Waals surface area contributed by atoms with Gasteiger partial charge in [-0.15, -0.1) is 0 Å². The van der Waals surface area contributed by atoms with Gasteiger partial charge in [0.2, 0.25) is 0 Å². The highest BCUT2D eigenvalue weighted by Gasteiger charge is 2.09. The Bertz CT molecular complexity index is 441. The van der Waals surface area contributed by atoms with Gasteiger partial charge in [0, 0.05) is 6.54 Å². The van der Waals surface area contributed by atoms with Gasteiger partial charge in [-0.05, 0) is 24.1 Å². The summed E-state index contributed by atoms with van der Waals surface area (Å²) in [6, 6.07) is 6.21. The smallest absolute Gasteiger partial charge is 0.337 e. The van der Waals surface area contributed by atoms with Crippen LogP contribution in [0.25, 0.3) is 0 Å². The predicted molar refractivity (Wildman–Crippen MR) is 74.3 cm³/mol. The van der Waals surface area contributed by atoms with Crippen molar-refractivity contribution in [3.63, 3.8) is 0 Å². The molecule has 0 aliphatic heterocycles. The van der Waals surface area contributed by atoms with Crippen LogP contribution in [0.5, 0.6) is 0 Å². The van der Waals surface area contributed by atoms with Crippen LogP contribution in [0.2, 0.25) is 0 Å². The van der Waals surface area contributed by atoms with Gasteiger partial charge in [-0.1, -0.05) is 19.1 Å². The van der Waals surface area contributed by atoms with Crippen LogP contribution >= 0.6 is 0 Å². The maximum absolute atomic E-state index is 11.6. The van der Waals surface area contributed by atoms with Crippen LogP contribution in [0.1, 0.15) is 29.3 Å². The number of hydrogen-bond acceptors (Lipinski definition) is 4. The largest absolute Gasteiger partial charge is 0.465 e. The zero-order valence-electron chi connectivity index (χ0n) is 11.7. The van der Waals surface area contributed by atoms with Crippen molar-refractivity contribution in [3.8, 4) is 0 Å². The van der Waals surface area contributed by atoms with Crippen molar-refractivity contribution >= 4 is 12.0 Å². The Hall–Kier alpha value is -2.08. The Morgan fingerprint density at radius 1 is 1.30 bits per heavy atom. The topological polar surface area (TPSA) is 87.7 Å². The molecule has 0 bridgehead atoms. The molecular formula is C14H20N2O4. The molecule has 20 heavy (non-hydrogen) atoms. The number of aliphatic hydroxyl groups is 1. The lowest BCUT2D eigenvalue weighted by Crippen LogP contribution is -2.43. The van der Waals surface area contributed by atoms with Crippen molar-refractivity contribution in [2.24, 2.45) is 0 Å². The molecular weight excluding hydrogens is 260 g/mol. The molecule has 6 heteroatoms. The zero-order chi connectivity index (χ0) is 15.0. The van der Waals surface area contributed by atoms with Crippen molar-refractivity contribution in [1.29, 1.82) is 0 Å². The number of rotatable bonds is 6. The van der Waals surface area contributed by atoms with Crippen molar-refractivity contribution in [3.05, 3.63) is 35.4 Å². The fraction of sp³-hybridized carbons (Fsp3) is 0.429. The van der Waals surface area contributed by atoms with Crippen molar-refractivity contribution in [1.82, 2.24) is 10.6 Å². The molecule has 0 radical (unpaired) electrons. The Morgan fingerprint density at radius 3 is 2.45 bits per heavy atom. The number of urea groups is 1. The normalized spacial score (nSPS) is 11.6. The van der Waals surface area contributed by atoms with Gasteiger partial charge in [-0.3, -0.25) is 0 Å². The van der Waals surface area contributed by atoms with E-state index in [4.69, 9.17) is 5.11 Å². The van der Waals surface area contributed by atoms with E-state index < -0.39 is 5.97 Å². The van der Waals surface area contributed by atoms with Gasteiger partial charge in [0.25, 0.3) is 0 Å². The number of nitrogens with one attached hydrogen (secondary N) is 2. The minimum Gasteiger partial charge on any atom is -0.465 e. The molecule has 0 spiro atoms. The third-order valence-corrected chi connectivity index (χ3v) is 2.88. The molecule has 1 aromatic rings. The molecule has 110 valence electrons. The van der Waals surface area contributed by atoms with Crippen LogP contribution in [0.4, 0.5) is 4.79 Å². The van der Waals surface area contributed by atoms with E-state index in [-0.39, 0.29) is 18.7 Å². The fourth-order valence-corrected chi connectivity index (χ4v) is 1.57. The summed E-state index contributed by atoms with van der Waals surface area (Å²) in [6.07, 6.45) is 0.664. The summed E-state index contributed by atoms with van der Waals surface area (Å²) in [5, 5.41) is 14.3. The second kappa shape index (κ2) is 8.16. The molecule has 1 rings (SSSR count). The first-order valence-corrected chi connectivity index (χ1v) is 6.43. The number of benzene rings is 1. The standard InChI is InChI=1S/C14H20N2O4/c1-3-12(9-17)16-14(19)15-8-10-4-6-11(7-5-10)13(18)20-2/h4-7,12,17H,3,8-9H2,1-2H3,(H2,15,16,19). The summed E-state index contributed by atoms with van der Waals surface area (Å²) in [4.78, 5) is 22.8. The molecule has 0 saturated heterocycles. The highest BCUT2D eigenvalue weighted by Crippen LogP contribution is 2.05. The number of hydrogen-bond donors (Lipinski definition) is 3. The zero-order valence-corrected chi connectivity index (χ0v) is 11.7. The molecule has 1 unspecified atom stereocenters. The minimum absolute atomic E-state index is 0.0856. The Morgan fingerprint density at radius 2 is 1.95 bits per heavy atom. The van der Waals surface area contributed by atoms with Gasteiger partial charge in [0.15, 0.2) is 0 Å². The van der Waals surface area contributed by atoms with Gasteiger partial charge in [0.05, 0.1) is 25.3 Å². The maximum atomic E-state index is 11.6. The number of amides is 2. The molecule has 0 heterocycles. The number of carbonyl (C=O) groups excluding carboxylic acids is 2. The molecule has 3 N–H and O–H groups in total. The van der Waals surface area contributed by atoms with Crippen LogP contribution in [0.15, 0.2) is 24.3 Å². The van der Waals surface area contributed by atoms with Crippen LogP contribution in [-0.4, -0.2) is 36.9 Å². The van der Waals surface area contributed by atoms with E-state index in [1.165, 1.54) is 7.11 Å². The van der Waals surface area contributed by atoms with Gasteiger partial charge >= 0.3 is 12.0 Å². The summed E-state index contributed by atoms with van der Waals surface area (Å²) in [5.74, 6) is -0.393. The quantitative estimate of drug-likeness (QED) is 0.679. The maximum Gasteiger partial charge on any atom is 0.337 e. The average Bonchev–Trinajstić information content (AvgIpc) is 2.50. The predicted octanol–water partition coefficient (Wildman–Crippen LogP) is 1.04. The lowest BCUT2D eigenvalue weighted by Gasteiger charge is -2.14. The SMILES string of the molecule is CCC(CO)NC(=O)NCc1ccc(C(=O)OC)cc1. The molecule has 0 aliphatic rings. The molecule has 2 amide bonds. The summed E-state index contributed by atoms with van der Waals surface area (Å²) in [6.45, 7) is 2.14. The van der Waals surface area contributed by atoms with E-state index in [0.29, 0.717) is 18.5 Å². The number of ether oxygens (including phenoxy) is 1. The molecule has 0 saturated carbocycles. The fourth-order valence-electron chi connectivity index (χ4n) is 1.57. The second-order valence-electron chi connectivity index (χ2n) is 4.30. The third-order valence-electron chi connectivity index (χ3n) is 2.88. The van der Waals surface area contributed by atoms with Crippen molar-refractivity contribution in [2.45, 2.75) is 25.9 Å². The van der Waals surface area contributed by atoms with Crippen molar-refractivity contribution < 1.29 is 19.4 Å². The first-order valence-electron chi connectivity index (χ1n) is 6.43. The van der Waals surface area contributed by atoms with Crippen LogP contribution in [-0.2, 0) is 11.3 Å². The number of carbonyl (C=O) groups is 2. The summed E-state index contributed by atoms with van der Waals surface area (Å²) in [5.41, 5.74) is 1.33. The highest BCUT2D eigenvalue weighted by molar-refractivity contribution is 5.89. The van der Waals surface area contributed by atoms with E-state index in [1.54, 1.807) is 24.3 Å². The number of esters is 1. The Balaban J connectivity index is 2.45. The Labute approximate surface area is 118 Å². The lowest BCUT2D eigenvalue weighted by atomic mass is 10.1. The van der Waals surface area contributed by atoms with E-state index >= 15 is 0 Å². The van der Waals surface area contributed by atoms with E-state index in [1.807, 2.05) is 6.92 Å². The van der Waals surface area contributed by atoms with E-state index in [2.05, 4.69) is 15.4 Å². The first-order chi connectivity index (χ1) is 9.60. The van der Waals surface area contributed by atoms with Crippen LogP contribution in [0.3, 0.4) is 0 Å². The van der Waals surface area contributed by atoms with Gasteiger partial charge in [-0.2, -0.15) is 0 Å². The van der Waals surface area contributed by atoms with Crippen molar-refractivity contribution in [2.75, 3.05) is 13.7 Å². The third kappa shape index (κ3) is 4.89. The second-order valence-corrected chi connectivity index (χ2v) is 4.30. The van der Waals surface area contributed by atoms with E-state index in [0.717, 1.165) is 5.56 Å². The summed E-state index contributed by atoms with van der Waals surface area (Å²) in [7, 11) is 1.33. The monoisotopic (exact) mass is 280 g/mol. The number of methoxy groups -OCH3 is 1. The highest BCUT2D eigenvalue weighted by atomic mass is 16.5. The van der Waals surface area contributed by atoms with Crippen LogP contribution in [0, 0.1) is 0 Å². The summed E-state index contributed by atoms with van der Waals surface area (Å²) < 4.78 is 4.60. The average molecular weight is 280 g/mol. The minimum atomic E-state index is -0.393. The molecule has 1 aromatic carbocycles. The molecule has 6 nitrogen and oxygen atoms in total. The van der Waals surface area contributed by atoms with Gasteiger partial charge in [0.1, 0.15) is 0 Å². The molecule has 0 fully saturated rings. The molecule has 1 atom stereocenters. The molecule has 0 aliphatic carbocycles. The van der Waals surface area contributed by atoms with Gasteiger partial charge < -0.3 is 20.5 Å². The number of aliphatic hydroxyl groups excluding tert-OH is 1. The molecule has 0 aromatic heterocycles. The Kier molecular flexibility index (Phi) is 6.52. The van der Waals surface area contributed by atoms with Crippen LogP contribution < -0.4 is 10.6 Å². The summed E-state index contributed by atoms with van der Waals surface area (Å²) >= 11 is 0.